The average molecular weight is 197 g/mol. The molecule has 0 atom stereocenters. The highest BCUT2D eigenvalue weighted by molar-refractivity contribution is 5.87. The molecule has 0 unspecified atom stereocenters. The number of aromatic carboxylic acids is 1. The number of pyridine rings is 1. The van der Waals surface area contributed by atoms with Crippen LogP contribution in [0.25, 0.3) is 0 Å². The highest BCUT2D eigenvalue weighted by Gasteiger charge is 2.04. The number of carboxylic acid groups (broad SMARTS) is 1. The van der Waals surface area contributed by atoms with Crippen molar-refractivity contribution in [1.82, 2.24) is 4.98 Å². The fourth-order valence-electron chi connectivity index (χ4n) is 0.808. The quantitative estimate of drug-likeness (QED) is 0.566. The monoisotopic (exact) mass is 197 g/mol. The van der Waals surface area contributed by atoms with Gasteiger partial charge in [0.05, 0.1) is 11.8 Å². The van der Waals surface area contributed by atoms with Crippen LogP contribution in [0.1, 0.15) is 17.3 Å². The lowest BCUT2D eigenvalue weighted by atomic mass is 10.3. The number of aromatic nitrogens is 1. The minimum atomic E-state index is -1.03. The number of carbonyl (C=O) groups is 1. The summed E-state index contributed by atoms with van der Waals surface area (Å²) in [4.78, 5) is 14.3. The van der Waals surface area contributed by atoms with Gasteiger partial charge in [0, 0.05) is 12.8 Å². The van der Waals surface area contributed by atoms with Crippen LogP contribution >= 0.6 is 0 Å². The molecule has 0 bridgehead atoms. The molecule has 0 aliphatic heterocycles. The van der Waals surface area contributed by atoms with Crippen molar-refractivity contribution in [2.24, 2.45) is 0 Å². The van der Waals surface area contributed by atoms with Gasteiger partial charge in [-0.2, -0.15) is 0 Å². The van der Waals surface area contributed by atoms with E-state index in [9.17, 15) is 4.79 Å². The fraction of sp³-hybridized carbons (Fsp3) is 0.333. The minimum Gasteiger partial charge on any atom is -0.478 e. The molecule has 0 aliphatic rings. The van der Waals surface area contributed by atoms with Gasteiger partial charge in [-0.15, -0.1) is 0 Å². The Bertz CT molecular complexity index is 313. The Morgan fingerprint density at radius 3 is 3.00 bits per heavy atom. The van der Waals surface area contributed by atoms with Gasteiger partial charge in [-0.1, -0.05) is 0 Å². The molecule has 0 radical (unpaired) electrons. The van der Waals surface area contributed by atoms with Crippen molar-refractivity contribution in [3.05, 3.63) is 24.0 Å². The molecule has 14 heavy (non-hydrogen) atoms. The largest absolute Gasteiger partial charge is 0.478 e. The Hall–Kier alpha value is -1.62. The lowest BCUT2D eigenvalue weighted by Crippen LogP contribution is -2.04. The topological polar surface area (TPSA) is 68.7 Å². The third-order valence-corrected chi connectivity index (χ3v) is 1.47. The molecule has 1 aromatic heterocycles. The zero-order valence-corrected chi connectivity index (χ0v) is 7.77. The van der Waals surface area contributed by atoms with Crippen molar-refractivity contribution in [2.45, 2.75) is 6.92 Å². The molecule has 5 nitrogen and oxygen atoms in total. The standard InChI is InChI=1S/C9H11NO4/c1-2-13-6-14-8-3-7(9(11)12)4-10-5-8/h3-5H,2,6H2,1H3,(H,11,12). The van der Waals surface area contributed by atoms with Crippen LogP contribution in [-0.4, -0.2) is 29.5 Å². The van der Waals surface area contributed by atoms with E-state index in [4.69, 9.17) is 14.6 Å². The van der Waals surface area contributed by atoms with Gasteiger partial charge in [0.1, 0.15) is 5.75 Å². The molecule has 1 N–H and O–H groups in total. The van der Waals surface area contributed by atoms with Gasteiger partial charge in [-0.25, -0.2) is 4.79 Å². The molecular weight excluding hydrogens is 186 g/mol. The maximum absolute atomic E-state index is 10.6. The van der Waals surface area contributed by atoms with Crippen LogP contribution in [0.3, 0.4) is 0 Å². The van der Waals surface area contributed by atoms with Crippen LogP contribution in [0.5, 0.6) is 5.75 Å². The summed E-state index contributed by atoms with van der Waals surface area (Å²) < 4.78 is 10.0. The molecule has 0 amide bonds. The van der Waals surface area contributed by atoms with E-state index < -0.39 is 5.97 Å². The highest BCUT2D eigenvalue weighted by Crippen LogP contribution is 2.10. The molecule has 0 spiro atoms. The van der Waals surface area contributed by atoms with Crippen LogP contribution in [0.4, 0.5) is 0 Å². The Balaban J connectivity index is 2.59. The van der Waals surface area contributed by atoms with Crippen molar-refractivity contribution >= 4 is 5.97 Å². The number of ether oxygens (including phenoxy) is 2. The van der Waals surface area contributed by atoms with E-state index in [0.29, 0.717) is 12.4 Å². The molecule has 1 rings (SSSR count). The Morgan fingerprint density at radius 2 is 2.36 bits per heavy atom. The summed E-state index contributed by atoms with van der Waals surface area (Å²) in [6, 6.07) is 1.40. The van der Waals surface area contributed by atoms with Crippen LogP contribution in [0.15, 0.2) is 18.5 Å². The van der Waals surface area contributed by atoms with Crippen molar-refractivity contribution in [1.29, 1.82) is 0 Å². The maximum atomic E-state index is 10.6. The molecule has 0 aliphatic carbocycles. The molecule has 0 aromatic carbocycles. The summed E-state index contributed by atoms with van der Waals surface area (Å²) in [6.07, 6.45) is 2.70. The molecule has 1 aromatic rings. The molecule has 76 valence electrons. The second-order valence-electron chi connectivity index (χ2n) is 2.47. The highest BCUT2D eigenvalue weighted by atomic mass is 16.7. The summed E-state index contributed by atoms with van der Waals surface area (Å²) in [5, 5.41) is 8.65. The summed E-state index contributed by atoms with van der Waals surface area (Å²) in [5.74, 6) is -0.641. The smallest absolute Gasteiger partial charge is 0.337 e. The number of carboxylic acids is 1. The predicted molar refractivity (Wildman–Crippen MR) is 48.3 cm³/mol. The first kappa shape index (κ1) is 10.5. The lowest BCUT2D eigenvalue weighted by Gasteiger charge is -2.05. The van der Waals surface area contributed by atoms with Gasteiger partial charge in [0.15, 0.2) is 6.79 Å². The lowest BCUT2D eigenvalue weighted by molar-refractivity contribution is 0.0220. The Kier molecular flexibility index (Phi) is 3.87. The molecular formula is C9H11NO4. The van der Waals surface area contributed by atoms with E-state index in [1.807, 2.05) is 6.92 Å². The van der Waals surface area contributed by atoms with Crippen molar-refractivity contribution in [3.63, 3.8) is 0 Å². The van der Waals surface area contributed by atoms with E-state index in [2.05, 4.69) is 4.98 Å². The summed E-state index contributed by atoms with van der Waals surface area (Å²) >= 11 is 0. The summed E-state index contributed by atoms with van der Waals surface area (Å²) in [5.41, 5.74) is 0.0963. The van der Waals surface area contributed by atoms with Crippen LogP contribution in [0, 0.1) is 0 Å². The first-order valence-electron chi connectivity index (χ1n) is 4.13. The van der Waals surface area contributed by atoms with E-state index in [-0.39, 0.29) is 12.4 Å². The van der Waals surface area contributed by atoms with E-state index in [1.165, 1.54) is 18.5 Å². The van der Waals surface area contributed by atoms with Crippen LogP contribution in [-0.2, 0) is 4.74 Å². The van der Waals surface area contributed by atoms with Gasteiger partial charge in [0.2, 0.25) is 0 Å². The first-order valence-corrected chi connectivity index (χ1v) is 4.13. The molecule has 1 heterocycles. The summed E-state index contributed by atoms with van der Waals surface area (Å²) in [7, 11) is 0. The van der Waals surface area contributed by atoms with Gasteiger partial charge >= 0.3 is 5.97 Å². The fourth-order valence-corrected chi connectivity index (χ4v) is 0.808. The number of hydrogen-bond acceptors (Lipinski definition) is 4. The van der Waals surface area contributed by atoms with Crippen LogP contribution < -0.4 is 4.74 Å². The van der Waals surface area contributed by atoms with Gasteiger partial charge in [-0.3, -0.25) is 4.98 Å². The van der Waals surface area contributed by atoms with Gasteiger partial charge in [0.25, 0.3) is 0 Å². The molecule has 0 fully saturated rings. The van der Waals surface area contributed by atoms with E-state index in [0.717, 1.165) is 0 Å². The first-order chi connectivity index (χ1) is 6.74. The average Bonchev–Trinajstić information content (AvgIpc) is 2.19. The SMILES string of the molecule is CCOCOc1cncc(C(=O)O)c1. The third kappa shape index (κ3) is 3.02. The van der Waals surface area contributed by atoms with Gasteiger partial charge in [-0.05, 0) is 13.0 Å². The number of nitrogens with zero attached hydrogens (tertiary/aromatic N) is 1. The Morgan fingerprint density at radius 1 is 1.57 bits per heavy atom. The van der Waals surface area contributed by atoms with Crippen molar-refractivity contribution in [2.75, 3.05) is 13.4 Å². The normalized spacial score (nSPS) is 9.79. The van der Waals surface area contributed by atoms with Crippen LogP contribution in [0.2, 0.25) is 0 Å². The number of hydrogen-bond donors (Lipinski definition) is 1. The third-order valence-electron chi connectivity index (χ3n) is 1.47. The second-order valence-corrected chi connectivity index (χ2v) is 2.47. The summed E-state index contributed by atoms with van der Waals surface area (Å²) in [6.45, 7) is 2.49. The van der Waals surface area contributed by atoms with Gasteiger partial charge < -0.3 is 14.6 Å². The van der Waals surface area contributed by atoms with Crippen molar-refractivity contribution < 1.29 is 19.4 Å². The second kappa shape index (κ2) is 5.18. The van der Waals surface area contributed by atoms with E-state index in [1.54, 1.807) is 0 Å². The minimum absolute atomic E-state index is 0.0963. The molecule has 5 heteroatoms. The molecule has 0 saturated carbocycles. The predicted octanol–water partition coefficient (Wildman–Crippen LogP) is 1.15. The molecule has 0 saturated heterocycles. The van der Waals surface area contributed by atoms with Crippen molar-refractivity contribution in [3.8, 4) is 5.75 Å². The zero-order chi connectivity index (χ0) is 10.4. The van der Waals surface area contributed by atoms with E-state index >= 15 is 0 Å². The number of rotatable bonds is 5. The Labute approximate surface area is 81.3 Å². The maximum Gasteiger partial charge on any atom is 0.337 e. The zero-order valence-electron chi connectivity index (χ0n) is 7.77.